The molecule has 2 aromatic carbocycles. The number of carbonyl (C=O) groups is 1. The second-order valence-corrected chi connectivity index (χ2v) is 7.47. The topological polar surface area (TPSA) is 76.2 Å². The van der Waals surface area contributed by atoms with Crippen molar-refractivity contribution in [2.75, 3.05) is 13.7 Å². The summed E-state index contributed by atoms with van der Waals surface area (Å²) in [4.78, 5) is 20.2. The molecule has 0 saturated heterocycles. The van der Waals surface area contributed by atoms with Gasteiger partial charge in [0.15, 0.2) is 18.1 Å². The predicted octanol–water partition coefficient (Wildman–Crippen LogP) is 5.23. The average Bonchev–Trinajstić information content (AvgIpc) is 3.30. The molecule has 0 bridgehead atoms. The number of imidazole rings is 1. The number of hydrogen-bond acceptors (Lipinski definition) is 4. The number of H-pyrrole nitrogens is 1. The second-order valence-electron chi connectivity index (χ2n) is 7.47. The number of aromatic nitrogens is 2. The summed E-state index contributed by atoms with van der Waals surface area (Å²) >= 11 is 0. The van der Waals surface area contributed by atoms with Crippen molar-refractivity contribution in [3.8, 4) is 22.8 Å². The number of nitrogens with one attached hydrogen (secondary N) is 2. The van der Waals surface area contributed by atoms with E-state index >= 15 is 0 Å². The van der Waals surface area contributed by atoms with Gasteiger partial charge in [-0.1, -0.05) is 43.3 Å². The second kappa shape index (κ2) is 10.9. The zero-order valence-electron chi connectivity index (χ0n) is 18.4. The summed E-state index contributed by atoms with van der Waals surface area (Å²) in [7, 11) is 1.35. The van der Waals surface area contributed by atoms with Crippen molar-refractivity contribution in [3.05, 3.63) is 66.1 Å². The van der Waals surface area contributed by atoms with Crippen LogP contribution >= 0.6 is 0 Å². The SMILES string of the molecule is CCC(NC(=O)CCc1ccc(OCC(F)(F)F)c(OC)c1)c1ncc(-c2ccccc2)[nH]1. The fourth-order valence-electron chi connectivity index (χ4n) is 3.31. The Bertz CT molecular complexity index is 1050. The van der Waals surface area contributed by atoms with Crippen molar-refractivity contribution < 1.29 is 27.4 Å². The van der Waals surface area contributed by atoms with Crippen LogP contribution < -0.4 is 14.8 Å². The first-order valence-electron chi connectivity index (χ1n) is 10.5. The number of rotatable bonds is 10. The molecule has 0 radical (unpaired) electrons. The van der Waals surface area contributed by atoms with Gasteiger partial charge in [-0.2, -0.15) is 13.2 Å². The minimum atomic E-state index is -4.44. The largest absolute Gasteiger partial charge is 0.493 e. The van der Waals surface area contributed by atoms with Gasteiger partial charge in [-0.05, 0) is 36.1 Å². The highest BCUT2D eigenvalue weighted by molar-refractivity contribution is 5.76. The molecular formula is C24H26F3N3O3. The van der Waals surface area contributed by atoms with Crippen molar-refractivity contribution in [2.45, 2.75) is 38.4 Å². The van der Waals surface area contributed by atoms with Crippen LogP contribution in [-0.4, -0.2) is 35.8 Å². The van der Waals surface area contributed by atoms with E-state index < -0.39 is 12.8 Å². The third kappa shape index (κ3) is 7.00. The summed E-state index contributed by atoms with van der Waals surface area (Å²) in [6, 6.07) is 14.1. The summed E-state index contributed by atoms with van der Waals surface area (Å²) in [5, 5.41) is 2.98. The molecule has 6 nitrogen and oxygen atoms in total. The first-order valence-corrected chi connectivity index (χ1v) is 10.5. The maximum Gasteiger partial charge on any atom is 0.422 e. The molecule has 0 aliphatic carbocycles. The van der Waals surface area contributed by atoms with E-state index in [1.54, 1.807) is 18.3 Å². The Morgan fingerprint density at radius 1 is 1.15 bits per heavy atom. The zero-order valence-corrected chi connectivity index (χ0v) is 18.4. The van der Waals surface area contributed by atoms with Gasteiger partial charge in [-0.25, -0.2) is 4.98 Å². The lowest BCUT2D eigenvalue weighted by Crippen LogP contribution is -2.29. The highest BCUT2D eigenvalue weighted by Crippen LogP contribution is 2.30. The molecule has 3 aromatic rings. The number of aryl methyl sites for hydroxylation is 1. The van der Waals surface area contributed by atoms with Crippen LogP contribution in [0.5, 0.6) is 11.5 Å². The molecule has 0 aliphatic rings. The first kappa shape index (κ1) is 24.2. The lowest BCUT2D eigenvalue weighted by molar-refractivity contribution is -0.153. The van der Waals surface area contributed by atoms with Gasteiger partial charge in [0.2, 0.25) is 5.91 Å². The molecule has 0 aliphatic heterocycles. The summed E-state index contributed by atoms with van der Waals surface area (Å²) in [5.41, 5.74) is 2.63. The van der Waals surface area contributed by atoms with E-state index in [4.69, 9.17) is 9.47 Å². The highest BCUT2D eigenvalue weighted by Gasteiger charge is 2.29. The molecule has 0 fully saturated rings. The van der Waals surface area contributed by atoms with Gasteiger partial charge in [-0.3, -0.25) is 4.79 Å². The van der Waals surface area contributed by atoms with Crippen LogP contribution in [0.1, 0.15) is 37.2 Å². The summed E-state index contributed by atoms with van der Waals surface area (Å²) < 4.78 is 47.1. The van der Waals surface area contributed by atoms with Crippen molar-refractivity contribution in [2.24, 2.45) is 0 Å². The third-order valence-corrected chi connectivity index (χ3v) is 5.01. The molecule has 1 unspecified atom stereocenters. The Kier molecular flexibility index (Phi) is 7.97. The van der Waals surface area contributed by atoms with E-state index in [-0.39, 0.29) is 29.9 Å². The van der Waals surface area contributed by atoms with Crippen molar-refractivity contribution in [3.63, 3.8) is 0 Å². The quantitative estimate of drug-likeness (QED) is 0.434. The smallest absolute Gasteiger partial charge is 0.422 e. The highest BCUT2D eigenvalue weighted by atomic mass is 19.4. The maximum absolute atomic E-state index is 12.5. The normalized spacial score (nSPS) is 12.3. The maximum atomic E-state index is 12.5. The number of amides is 1. The fourth-order valence-corrected chi connectivity index (χ4v) is 3.31. The van der Waals surface area contributed by atoms with E-state index in [1.165, 1.54) is 13.2 Å². The van der Waals surface area contributed by atoms with E-state index in [0.29, 0.717) is 18.7 Å². The van der Waals surface area contributed by atoms with Gasteiger partial charge in [-0.15, -0.1) is 0 Å². The number of aromatic amines is 1. The predicted molar refractivity (Wildman–Crippen MR) is 118 cm³/mol. The molecular weight excluding hydrogens is 435 g/mol. The summed E-state index contributed by atoms with van der Waals surface area (Å²) in [6.45, 7) is 0.558. The zero-order chi connectivity index (χ0) is 23.8. The van der Waals surface area contributed by atoms with Crippen LogP contribution in [0.25, 0.3) is 11.3 Å². The lowest BCUT2D eigenvalue weighted by Gasteiger charge is -2.15. The van der Waals surface area contributed by atoms with Crippen LogP contribution in [0.3, 0.4) is 0 Å². The van der Waals surface area contributed by atoms with E-state index in [1.807, 2.05) is 37.3 Å². The van der Waals surface area contributed by atoms with Gasteiger partial charge in [0.25, 0.3) is 0 Å². The molecule has 176 valence electrons. The van der Waals surface area contributed by atoms with Gasteiger partial charge < -0.3 is 19.8 Å². The Hall–Kier alpha value is -3.49. The Morgan fingerprint density at radius 3 is 2.58 bits per heavy atom. The molecule has 1 heterocycles. The summed E-state index contributed by atoms with van der Waals surface area (Å²) in [6.07, 6.45) is -1.44. The number of methoxy groups -OCH3 is 1. The number of halogens is 3. The number of benzene rings is 2. The molecule has 0 spiro atoms. The number of hydrogen-bond donors (Lipinski definition) is 2. The van der Waals surface area contributed by atoms with Gasteiger partial charge >= 0.3 is 6.18 Å². The number of nitrogens with zero attached hydrogens (tertiary/aromatic N) is 1. The van der Waals surface area contributed by atoms with Crippen LogP contribution in [0, 0.1) is 0 Å². The lowest BCUT2D eigenvalue weighted by atomic mass is 10.1. The number of carbonyl (C=O) groups excluding carboxylic acids is 1. The molecule has 0 saturated carbocycles. The minimum absolute atomic E-state index is 0.00103. The average molecular weight is 461 g/mol. The molecule has 2 N–H and O–H groups in total. The molecule has 3 rings (SSSR count). The molecule has 9 heteroatoms. The number of ether oxygens (including phenoxy) is 2. The van der Waals surface area contributed by atoms with Crippen molar-refractivity contribution in [1.82, 2.24) is 15.3 Å². The van der Waals surface area contributed by atoms with E-state index in [0.717, 1.165) is 16.8 Å². The van der Waals surface area contributed by atoms with Crippen molar-refractivity contribution >= 4 is 5.91 Å². The van der Waals surface area contributed by atoms with E-state index in [2.05, 4.69) is 15.3 Å². The molecule has 1 amide bonds. The first-order chi connectivity index (χ1) is 15.8. The van der Waals surface area contributed by atoms with Crippen LogP contribution in [0.4, 0.5) is 13.2 Å². The minimum Gasteiger partial charge on any atom is -0.493 e. The standard InChI is InChI=1S/C24H26F3N3O3/c1-3-18(23-28-14-19(30-23)17-7-5-4-6-8-17)29-22(31)12-10-16-9-11-20(21(13-16)32-2)33-15-24(25,26)27/h4-9,11,13-14,18H,3,10,12,15H2,1-2H3,(H,28,30)(H,29,31). The van der Waals surface area contributed by atoms with Gasteiger partial charge in [0.05, 0.1) is 25.0 Å². The Morgan fingerprint density at radius 2 is 1.91 bits per heavy atom. The van der Waals surface area contributed by atoms with Crippen LogP contribution in [-0.2, 0) is 11.2 Å². The van der Waals surface area contributed by atoms with Crippen LogP contribution in [0.2, 0.25) is 0 Å². The third-order valence-electron chi connectivity index (χ3n) is 5.01. The van der Waals surface area contributed by atoms with E-state index in [9.17, 15) is 18.0 Å². The molecule has 1 aromatic heterocycles. The fraction of sp³-hybridized carbons (Fsp3) is 0.333. The molecule has 33 heavy (non-hydrogen) atoms. The monoisotopic (exact) mass is 461 g/mol. The Balaban J connectivity index is 1.57. The van der Waals surface area contributed by atoms with Gasteiger partial charge in [0.1, 0.15) is 5.82 Å². The van der Waals surface area contributed by atoms with Gasteiger partial charge in [0, 0.05) is 6.42 Å². The van der Waals surface area contributed by atoms with Crippen molar-refractivity contribution in [1.29, 1.82) is 0 Å². The number of alkyl halides is 3. The Labute approximate surface area is 190 Å². The summed E-state index contributed by atoms with van der Waals surface area (Å²) in [5.74, 6) is 0.710. The molecule has 1 atom stereocenters. The van der Waals surface area contributed by atoms with Crippen LogP contribution in [0.15, 0.2) is 54.7 Å².